The summed E-state index contributed by atoms with van der Waals surface area (Å²) in [4.78, 5) is 11.6. The molecule has 0 unspecified atom stereocenters. The second-order valence-corrected chi connectivity index (χ2v) is 6.49. The van der Waals surface area contributed by atoms with Crippen molar-refractivity contribution in [3.63, 3.8) is 0 Å². The molecule has 70 valence electrons. The third-order valence-electron chi connectivity index (χ3n) is 1.73. The highest BCUT2D eigenvalue weighted by atomic mass is 79.9. The summed E-state index contributed by atoms with van der Waals surface area (Å²) in [5, 5.41) is 0. The van der Waals surface area contributed by atoms with Crippen LogP contribution < -0.4 is 0 Å². The summed E-state index contributed by atoms with van der Waals surface area (Å²) in [6, 6.07) is 5.59. The van der Waals surface area contributed by atoms with Gasteiger partial charge in [-0.3, -0.25) is 4.79 Å². The second-order valence-electron chi connectivity index (χ2n) is 2.58. The zero-order chi connectivity index (χ0) is 10.0. The molecule has 0 amide bonds. The molecule has 4 heteroatoms. The minimum absolute atomic E-state index is 0.0406. The topological polar surface area (TPSA) is 17.1 Å². The van der Waals surface area contributed by atoms with Crippen molar-refractivity contribution in [1.82, 2.24) is 0 Å². The Balaban J connectivity index is 3.15. The Morgan fingerprint density at radius 1 is 1.38 bits per heavy atom. The van der Waals surface area contributed by atoms with Gasteiger partial charge in [-0.1, -0.05) is 59.9 Å². The summed E-state index contributed by atoms with van der Waals surface area (Å²) >= 11 is 9.75. The van der Waals surface area contributed by atoms with Crippen molar-refractivity contribution in [2.75, 3.05) is 0 Å². The van der Waals surface area contributed by atoms with Crippen LogP contribution in [0.5, 0.6) is 0 Å². The molecule has 0 spiro atoms. The van der Waals surface area contributed by atoms with E-state index in [9.17, 15) is 4.79 Å². The van der Waals surface area contributed by atoms with E-state index in [0.29, 0.717) is 0 Å². The molecule has 0 fully saturated rings. The van der Waals surface area contributed by atoms with Crippen molar-refractivity contribution in [2.24, 2.45) is 0 Å². The predicted molar refractivity (Wildman–Crippen MR) is 64.9 cm³/mol. The number of halogens is 3. The number of carbonyl (C=O) groups is 1. The van der Waals surface area contributed by atoms with Crippen LogP contribution in [0.15, 0.2) is 22.7 Å². The number of alkyl halides is 2. The van der Waals surface area contributed by atoms with Gasteiger partial charge in [-0.15, -0.1) is 0 Å². The third kappa shape index (κ3) is 2.64. The number of benzene rings is 1. The van der Waals surface area contributed by atoms with E-state index in [-0.39, 0.29) is 9.52 Å². The van der Waals surface area contributed by atoms with E-state index in [1.807, 2.05) is 25.1 Å². The number of Topliss-reactive ketones (excluding diaryl/α,β-unsaturated/α-hetero) is 1. The largest absolute Gasteiger partial charge is 0.292 e. The van der Waals surface area contributed by atoms with Crippen LogP contribution in [0.1, 0.15) is 15.9 Å². The molecule has 0 N–H and O–H groups in total. The molecular formula is C9H7Br3O. The fourth-order valence-corrected chi connectivity index (χ4v) is 1.85. The van der Waals surface area contributed by atoms with Crippen LogP contribution in [0.3, 0.4) is 0 Å². The van der Waals surface area contributed by atoms with Gasteiger partial charge in [0.1, 0.15) is 3.74 Å². The molecule has 0 aromatic heterocycles. The zero-order valence-corrected chi connectivity index (χ0v) is 11.6. The summed E-state index contributed by atoms with van der Waals surface area (Å²) in [5.74, 6) is 0.0406. The lowest BCUT2D eigenvalue weighted by Gasteiger charge is -2.06. The smallest absolute Gasteiger partial charge is 0.187 e. The molecule has 0 heterocycles. The molecule has 0 saturated heterocycles. The van der Waals surface area contributed by atoms with Gasteiger partial charge in [0.05, 0.1) is 0 Å². The van der Waals surface area contributed by atoms with Gasteiger partial charge in [-0.05, 0) is 18.6 Å². The van der Waals surface area contributed by atoms with Gasteiger partial charge in [0.15, 0.2) is 5.78 Å². The Hall–Kier alpha value is 0.330. The number of hydrogen-bond acceptors (Lipinski definition) is 1. The maximum absolute atomic E-state index is 11.6. The maximum Gasteiger partial charge on any atom is 0.187 e. The molecule has 0 radical (unpaired) electrons. The molecule has 13 heavy (non-hydrogen) atoms. The Morgan fingerprint density at radius 2 is 2.00 bits per heavy atom. The fourth-order valence-electron chi connectivity index (χ4n) is 0.992. The van der Waals surface area contributed by atoms with Gasteiger partial charge in [0.25, 0.3) is 0 Å². The van der Waals surface area contributed by atoms with Gasteiger partial charge in [0, 0.05) is 10.0 Å². The molecular weight excluding hydrogens is 364 g/mol. The van der Waals surface area contributed by atoms with Crippen LogP contribution in [-0.4, -0.2) is 9.52 Å². The predicted octanol–water partition coefficient (Wildman–Crippen LogP) is 4.06. The maximum atomic E-state index is 11.6. The molecule has 0 aliphatic carbocycles. The van der Waals surface area contributed by atoms with Gasteiger partial charge in [-0.2, -0.15) is 0 Å². The number of carbonyl (C=O) groups excluding carboxylic acids is 1. The molecule has 0 bridgehead atoms. The summed E-state index contributed by atoms with van der Waals surface area (Å²) < 4.78 is 0.645. The van der Waals surface area contributed by atoms with E-state index in [2.05, 4.69) is 47.8 Å². The quantitative estimate of drug-likeness (QED) is 0.567. The normalized spacial score (nSPS) is 10.5. The monoisotopic (exact) mass is 368 g/mol. The van der Waals surface area contributed by atoms with E-state index in [1.54, 1.807) is 0 Å². The number of rotatable bonds is 2. The van der Waals surface area contributed by atoms with Gasteiger partial charge in [-0.25, -0.2) is 0 Å². The molecule has 1 aromatic carbocycles. The van der Waals surface area contributed by atoms with Crippen molar-refractivity contribution in [2.45, 2.75) is 10.7 Å². The molecule has 1 aromatic rings. The Kier molecular flexibility index (Phi) is 4.13. The van der Waals surface area contributed by atoms with Crippen molar-refractivity contribution in [3.05, 3.63) is 33.8 Å². The van der Waals surface area contributed by atoms with Gasteiger partial charge >= 0.3 is 0 Å². The van der Waals surface area contributed by atoms with Crippen molar-refractivity contribution in [1.29, 1.82) is 0 Å². The average Bonchev–Trinajstić information content (AvgIpc) is 2.08. The van der Waals surface area contributed by atoms with E-state index in [1.165, 1.54) is 0 Å². The van der Waals surface area contributed by atoms with Crippen LogP contribution >= 0.6 is 47.8 Å². The highest BCUT2D eigenvalue weighted by Gasteiger charge is 2.16. The minimum atomic E-state index is -0.312. The number of ketones is 1. The van der Waals surface area contributed by atoms with E-state index >= 15 is 0 Å². The fraction of sp³-hybridized carbons (Fsp3) is 0.222. The third-order valence-corrected chi connectivity index (χ3v) is 3.42. The molecule has 0 aliphatic rings. The lowest BCUT2D eigenvalue weighted by Crippen LogP contribution is -2.09. The molecule has 1 nitrogen and oxygen atoms in total. The first-order valence-electron chi connectivity index (χ1n) is 3.61. The first-order valence-corrected chi connectivity index (χ1v) is 6.24. The summed E-state index contributed by atoms with van der Waals surface area (Å²) in [6.07, 6.45) is 0. The summed E-state index contributed by atoms with van der Waals surface area (Å²) in [7, 11) is 0. The lowest BCUT2D eigenvalue weighted by atomic mass is 10.1. The van der Waals surface area contributed by atoms with Gasteiger partial charge < -0.3 is 0 Å². The average molecular weight is 371 g/mol. The molecule has 1 rings (SSSR count). The summed E-state index contributed by atoms with van der Waals surface area (Å²) in [5.41, 5.74) is 1.70. The van der Waals surface area contributed by atoms with E-state index in [4.69, 9.17) is 0 Å². The van der Waals surface area contributed by atoms with Crippen molar-refractivity contribution >= 4 is 53.6 Å². The highest BCUT2D eigenvalue weighted by Crippen LogP contribution is 2.23. The minimum Gasteiger partial charge on any atom is -0.292 e. The van der Waals surface area contributed by atoms with Gasteiger partial charge in [0.2, 0.25) is 0 Å². The van der Waals surface area contributed by atoms with Crippen LogP contribution in [0.2, 0.25) is 0 Å². The second kappa shape index (κ2) is 4.71. The SMILES string of the molecule is Cc1c(Br)cccc1C(=O)C(Br)Br. The van der Waals surface area contributed by atoms with Crippen LogP contribution in [0, 0.1) is 6.92 Å². The molecule has 0 saturated carbocycles. The lowest BCUT2D eigenvalue weighted by molar-refractivity contribution is 0.101. The van der Waals surface area contributed by atoms with Crippen molar-refractivity contribution in [3.8, 4) is 0 Å². The standard InChI is InChI=1S/C9H7Br3O/c1-5-6(8(13)9(11)12)3-2-4-7(5)10/h2-4,9H,1H3. The first-order chi connectivity index (χ1) is 6.04. The van der Waals surface area contributed by atoms with Crippen LogP contribution in [0.4, 0.5) is 0 Å². The van der Waals surface area contributed by atoms with Crippen LogP contribution in [-0.2, 0) is 0 Å². The zero-order valence-electron chi connectivity index (χ0n) is 6.85. The Bertz CT molecular complexity index is 334. The van der Waals surface area contributed by atoms with Crippen LogP contribution in [0.25, 0.3) is 0 Å². The van der Waals surface area contributed by atoms with E-state index < -0.39 is 0 Å². The molecule has 0 aliphatic heterocycles. The summed E-state index contributed by atoms with van der Waals surface area (Å²) in [6.45, 7) is 1.92. The highest BCUT2D eigenvalue weighted by molar-refractivity contribution is 9.25. The number of hydrogen-bond donors (Lipinski definition) is 0. The van der Waals surface area contributed by atoms with Crippen molar-refractivity contribution < 1.29 is 4.79 Å². The molecule has 0 atom stereocenters. The Labute approximate surface area is 102 Å². The Morgan fingerprint density at radius 3 is 2.54 bits per heavy atom. The van der Waals surface area contributed by atoms with E-state index in [0.717, 1.165) is 15.6 Å². The first kappa shape index (κ1) is 11.4.